The third kappa shape index (κ3) is 3.48. The molecule has 0 spiro atoms. The lowest BCUT2D eigenvalue weighted by molar-refractivity contribution is -0.123. The maximum Gasteiger partial charge on any atom is 0.249 e. The van der Waals surface area contributed by atoms with E-state index in [2.05, 4.69) is 10.4 Å². The molecule has 118 valence electrons. The van der Waals surface area contributed by atoms with Crippen molar-refractivity contribution in [1.82, 2.24) is 15.1 Å². The van der Waals surface area contributed by atoms with Crippen molar-refractivity contribution >= 4 is 23.6 Å². The molecule has 1 fully saturated rings. The number of carbonyl (C=O) groups is 2. The molecule has 1 aromatic heterocycles. The topological polar surface area (TPSA) is 67.2 Å². The lowest BCUT2D eigenvalue weighted by Gasteiger charge is -2.14. The van der Waals surface area contributed by atoms with Gasteiger partial charge in [0.2, 0.25) is 11.8 Å². The molecule has 0 saturated carbocycles. The normalized spacial score (nSPS) is 17.9. The van der Waals surface area contributed by atoms with Crippen LogP contribution in [0, 0.1) is 0 Å². The summed E-state index contributed by atoms with van der Waals surface area (Å²) < 4.78 is 1.65. The van der Waals surface area contributed by atoms with Gasteiger partial charge >= 0.3 is 0 Å². The molecular formula is C17H18N4O2. The number of hydrogen-bond acceptors (Lipinski definition) is 3. The molecule has 1 saturated heterocycles. The van der Waals surface area contributed by atoms with Crippen LogP contribution in [0.2, 0.25) is 0 Å². The van der Waals surface area contributed by atoms with Crippen molar-refractivity contribution in [2.75, 3.05) is 11.4 Å². The van der Waals surface area contributed by atoms with Gasteiger partial charge in [-0.1, -0.05) is 30.3 Å². The van der Waals surface area contributed by atoms with Gasteiger partial charge in [0.05, 0.1) is 11.9 Å². The van der Waals surface area contributed by atoms with Crippen LogP contribution in [-0.2, 0) is 16.6 Å². The minimum atomic E-state index is -0.483. The van der Waals surface area contributed by atoms with E-state index < -0.39 is 6.04 Å². The Bertz CT molecular complexity index is 736. The first-order chi connectivity index (χ1) is 11.1. The fourth-order valence-corrected chi connectivity index (χ4v) is 2.57. The van der Waals surface area contributed by atoms with Crippen LogP contribution in [0.5, 0.6) is 0 Å². The average molecular weight is 310 g/mol. The number of hydrogen-bond donors (Lipinski definition) is 1. The van der Waals surface area contributed by atoms with E-state index in [9.17, 15) is 9.59 Å². The van der Waals surface area contributed by atoms with Gasteiger partial charge in [0.1, 0.15) is 6.04 Å². The summed E-state index contributed by atoms with van der Waals surface area (Å²) >= 11 is 0. The minimum Gasteiger partial charge on any atom is -0.341 e. The number of carbonyl (C=O) groups excluding carboxylic acids is 2. The molecule has 0 unspecified atom stereocenters. The Kier molecular flexibility index (Phi) is 4.23. The van der Waals surface area contributed by atoms with Crippen molar-refractivity contribution in [3.05, 3.63) is 54.4 Å². The zero-order valence-electron chi connectivity index (χ0n) is 12.8. The van der Waals surface area contributed by atoms with Crippen LogP contribution < -0.4 is 10.2 Å². The lowest BCUT2D eigenvalue weighted by atomic mass is 10.2. The maximum absolute atomic E-state index is 12.4. The highest BCUT2D eigenvalue weighted by Gasteiger charge is 2.33. The van der Waals surface area contributed by atoms with Gasteiger partial charge < -0.3 is 10.2 Å². The first-order valence-electron chi connectivity index (χ1n) is 7.47. The minimum absolute atomic E-state index is 0.0977. The van der Waals surface area contributed by atoms with Gasteiger partial charge in [-0.3, -0.25) is 14.3 Å². The van der Waals surface area contributed by atoms with Crippen LogP contribution in [-0.4, -0.2) is 34.2 Å². The molecule has 3 rings (SSSR count). The molecule has 2 aromatic rings. The predicted molar refractivity (Wildman–Crippen MR) is 87.6 cm³/mol. The molecule has 1 aliphatic heterocycles. The van der Waals surface area contributed by atoms with E-state index in [1.807, 2.05) is 30.3 Å². The molecule has 0 bridgehead atoms. The van der Waals surface area contributed by atoms with Crippen molar-refractivity contribution in [3.63, 3.8) is 0 Å². The Morgan fingerprint density at radius 2 is 2.13 bits per heavy atom. The largest absolute Gasteiger partial charge is 0.341 e. The Morgan fingerprint density at radius 3 is 2.83 bits per heavy atom. The number of aromatic nitrogens is 2. The molecule has 23 heavy (non-hydrogen) atoms. The number of amides is 2. The number of anilines is 1. The van der Waals surface area contributed by atoms with Gasteiger partial charge in [-0.05, 0) is 18.1 Å². The standard InChI is InChI=1S/C17H18N4O2/c1-20-12-14(11-18-20)21-10-9-15(17(21)23)19-16(22)8-7-13-5-3-2-4-6-13/h2-8,11-12,15H,9-10H2,1H3,(H,19,22)/b8-7-/t15-/m1/s1. The van der Waals surface area contributed by atoms with Gasteiger partial charge in [0.25, 0.3) is 0 Å². The fraction of sp³-hybridized carbons (Fsp3) is 0.235. The van der Waals surface area contributed by atoms with E-state index >= 15 is 0 Å². The van der Waals surface area contributed by atoms with Crippen LogP contribution in [0.1, 0.15) is 12.0 Å². The van der Waals surface area contributed by atoms with Crippen molar-refractivity contribution in [2.45, 2.75) is 12.5 Å². The van der Waals surface area contributed by atoms with Gasteiger partial charge in [0, 0.05) is 25.9 Å². The number of rotatable bonds is 4. The van der Waals surface area contributed by atoms with E-state index in [0.29, 0.717) is 13.0 Å². The zero-order valence-corrected chi connectivity index (χ0v) is 12.8. The van der Waals surface area contributed by atoms with Crippen LogP contribution in [0.3, 0.4) is 0 Å². The predicted octanol–water partition coefficient (Wildman–Crippen LogP) is 1.35. The van der Waals surface area contributed by atoms with E-state index in [0.717, 1.165) is 11.3 Å². The van der Waals surface area contributed by atoms with Gasteiger partial charge in [0.15, 0.2) is 0 Å². The molecule has 2 amide bonds. The second-order valence-electron chi connectivity index (χ2n) is 5.46. The highest BCUT2D eigenvalue weighted by atomic mass is 16.2. The third-order valence-electron chi connectivity index (χ3n) is 3.75. The van der Waals surface area contributed by atoms with Crippen LogP contribution in [0.25, 0.3) is 6.08 Å². The van der Waals surface area contributed by atoms with Crippen molar-refractivity contribution in [1.29, 1.82) is 0 Å². The summed E-state index contributed by atoms with van der Waals surface area (Å²) in [6.07, 6.45) is 7.22. The molecule has 1 aliphatic rings. The first-order valence-corrected chi connectivity index (χ1v) is 7.47. The molecule has 0 aliphatic carbocycles. The van der Waals surface area contributed by atoms with Crippen LogP contribution in [0.4, 0.5) is 5.69 Å². The number of benzene rings is 1. The van der Waals surface area contributed by atoms with Crippen LogP contribution >= 0.6 is 0 Å². The molecule has 1 N–H and O–H groups in total. The summed E-state index contributed by atoms with van der Waals surface area (Å²) in [6.45, 7) is 0.581. The summed E-state index contributed by atoms with van der Waals surface area (Å²) in [7, 11) is 1.80. The van der Waals surface area contributed by atoms with Crippen molar-refractivity contribution in [3.8, 4) is 0 Å². The average Bonchev–Trinajstić information content (AvgIpc) is 3.13. The summed E-state index contributed by atoms with van der Waals surface area (Å²) in [4.78, 5) is 26.0. The van der Waals surface area contributed by atoms with Gasteiger partial charge in [-0.15, -0.1) is 0 Å². The van der Waals surface area contributed by atoms with E-state index in [1.54, 1.807) is 35.1 Å². The fourth-order valence-electron chi connectivity index (χ4n) is 2.57. The van der Waals surface area contributed by atoms with Gasteiger partial charge in [-0.2, -0.15) is 5.10 Å². The van der Waals surface area contributed by atoms with Crippen molar-refractivity contribution < 1.29 is 9.59 Å². The molecular weight excluding hydrogens is 292 g/mol. The third-order valence-corrected chi connectivity index (χ3v) is 3.75. The summed E-state index contributed by atoms with van der Waals surface area (Å²) in [6, 6.07) is 9.07. The number of nitrogens with one attached hydrogen (secondary N) is 1. The SMILES string of the molecule is Cn1cc(N2CC[C@@H](NC(=O)/C=C\c3ccccc3)C2=O)cn1. The highest BCUT2D eigenvalue weighted by Crippen LogP contribution is 2.20. The Balaban J connectivity index is 1.59. The summed E-state index contributed by atoms with van der Waals surface area (Å²) in [5, 5.41) is 6.83. The van der Waals surface area contributed by atoms with Crippen molar-refractivity contribution in [2.24, 2.45) is 7.05 Å². The van der Waals surface area contributed by atoms with E-state index in [1.165, 1.54) is 6.08 Å². The van der Waals surface area contributed by atoms with Gasteiger partial charge in [-0.25, -0.2) is 0 Å². The lowest BCUT2D eigenvalue weighted by Crippen LogP contribution is -2.40. The van der Waals surface area contributed by atoms with E-state index in [-0.39, 0.29) is 11.8 Å². The monoisotopic (exact) mass is 310 g/mol. The molecule has 0 radical (unpaired) electrons. The zero-order chi connectivity index (χ0) is 16.2. The second-order valence-corrected chi connectivity index (χ2v) is 5.46. The number of aryl methyl sites for hydroxylation is 1. The Labute approximate surface area is 134 Å². The Hall–Kier alpha value is -2.89. The highest BCUT2D eigenvalue weighted by molar-refractivity contribution is 6.03. The molecule has 6 nitrogen and oxygen atoms in total. The smallest absolute Gasteiger partial charge is 0.249 e. The second kappa shape index (κ2) is 6.48. The molecule has 1 aromatic carbocycles. The quantitative estimate of drug-likeness (QED) is 0.867. The number of nitrogens with zero attached hydrogens (tertiary/aromatic N) is 3. The molecule has 6 heteroatoms. The van der Waals surface area contributed by atoms with Crippen LogP contribution in [0.15, 0.2) is 48.8 Å². The molecule has 2 heterocycles. The Morgan fingerprint density at radius 1 is 1.35 bits per heavy atom. The maximum atomic E-state index is 12.4. The van der Waals surface area contributed by atoms with E-state index in [4.69, 9.17) is 0 Å². The first kappa shape index (κ1) is 15.0. The summed E-state index contributed by atoms with van der Waals surface area (Å²) in [5.74, 6) is -0.361. The summed E-state index contributed by atoms with van der Waals surface area (Å²) in [5.41, 5.74) is 1.70. The molecule has 1 atom stereocenters.